The zero-order valence-electron chi connectivity index (χ0n) is 29.2. The lowest BCUT2D eigenvalue weighted by atomic mass is 10.1. The molecule has 244 valence electrons. The fraction of sp³-hybridized carbons (Fsp3) is 0.917. The van der Waals surface area contributed by atoms with Crippen molar-refractivity contribution in [2.45, 2.75) is 157 Å². The lowest BCUT2D eigenvalue weighted by Gasteiger charge is -2.34. The molecule has 0 saturated heterocycles. The van der Waals surface area contributed by atoms with Gasteiger partial charge in [0.2, 0.25) is 0 Å². The van der Waals surface area contributed by atoms with E-state index in [4.69, 9.17) is 0 Å². The highest BCUT2D eigenvalue weighted by atomic mass is 16.2. The van der Waals surface area contributed by atoms with Gasteiger partial charge in [0, 0.05) is 20.1 Å². The van der Waals surface area contributed by atoms with Crippen molar-refractivity contribution in [3.05, 3.63) is 11.6 Å². The summed E-state index contributed by atoms with van der Waals surface area (Å²) in [5.74, 6) is 0. The van der Waals surface area contributed by atoms with Crippen LogP contribution in [0, 0.1) is 0 Å². The molecule has 5 heteroatoms. The molecule has 0 rings (SSSR count). The maximum absolute atomic E-state index is 13.8. The third-order valence-electron chi connectivity index (χ3n) is 8.20. The van der Waals surface area contributed by atoms with Crippen molar-refractivity contribution >= 4 is 6.03 Å². The lowest BCUT2D eigenvalue weighted by molar-refractivity contribution is 0.111. The Balaban J connectivity index is 5.37. The Labute approximate surface area is 258 Å². The van der Waals surface area contributed by atoms with Crippen LogP contribution in [0.2, 0.25) is 0 Å². The molecule has 0 spiro atoms. The number of nitrogens with zero attached hydrogens (tertiary/aromatic N) is 4. The van der Waals surface area contributed by atoms with Crippen molar-refractivity contribution in [3.63, 3.8) is 0 Å². The zero-order valence-corrected chi connectivity index (χ0v) is 29.2. The van der Waals surface area contributed by atoms with Crippen LogP contribution >= 0.6 is 0 Å². The molecule has 0 aliphatic rings. The normalized spacial score (nSPS) is 11.4. The van der Waals surface area contributed by atoms with E-state index in [0.717, 1.165) is 52.2 Å². The van der Waals surface area contributed by atoms with E-state index in [1.165, 1.54) is 121 Å². The fourth-order valence-corrected chi connectivity index (χ4v) is 5.47. The number of amides is 2. The maximum atomic E-state index is 13.8. The van der Waals surface area contributed by atoms with Crippen LogP contribution < -0.4 is 0 Å². The summed E-state index contributed by atoms with van der Waals surface area (Å²) in [5.41, 5.74) is 1.33. The average Bonchev–Trinajstić information content (AvgIpc) is 2.95. The molecule has 0 bridgehead atoms. The molecule has 0 fully saturated rings. The molecule has 0 aromatic rings. The minimum atomic E-state index is 0.205. The summed E-state index contributed by atoms with van der Waals surface area (Å²) in [6.07, 6.45) is 25.0. The van der Waals surface area contributed by atoms with Gasteiger partial charge < -0.3 is 14.7 Å². The molecule has 0 heterocycles. The van der Waals surface area contributed by atoms with Crippen LogP contribution in [-0.4, -0.2) is 85.2 Å². The lowest BCUT2D eigenvalue weighted by Crippen LogP contribution is -2.48. The fourth-order valence-electron chi connectivity index (χ4n) is 5.47. The molecule has 5 nitrogen and oxygen atoms in total. The van der Waals surface area contributed by atoms with Gasteiger partial charge in [-0.25, -0.2) is 4.79 Å². The third kappa shape index (κ3) is 24.1. The first-order valence-electron chi connectivity index (χ1n) is 18.0. The molecule has 0 unspecified atom stereocenters. The number of allylic oxidation sites excluding steroid dienone is 1. The second-order valence-electron chi connectivity index (χ2n) is 12.7. The summed E-state index contributed by atoms with van der Waals surface area (Å²) in [5, 5.41) is 0. The Kier molecular flexibility index (Phi) is 28.3. The Hall–Kier alpha value is -1.07. The van der Waals surface area contributed by atoms with Crippen molar-refractivity contribution in [1.82, 2.24) is 19.6 Å². The van der Waals surface area contributed by atoms with E-state index in [9.17, 15) is 4.79 Å². The van der Waals surface area contributed by atoms with Gasteiger partial charge >= 0.3 is 6.03 Å². The number of urea groups is 1. The van der Waals surface area contributed by atoms with Gasteiger partial charge in [-0.1, -0.05) is 116 Å². The molecule has 0 aliphatic heterocycles. The number of carbonyl (C=O) groups is 1. The van der Waals surface area contributed by atoms with Crippen LogP contribution in [0.3, 0.4) is 0 Å². The standard InChI is InChI=1S/C36H74N4O/c1-8-12-16-20-28-38(29-21-17-13-9-2)32-25-33-40(36(41)37(7)27-24-26-35(5)6)34-39(30-22-18-14-10-3)31-23-19-15-11-4/h26H,8-25,27-34H2,1-7H3. The van der Waals surface area contributed by atoms with E-state index in [-0.39, 0.29) is 6.03 Å². The quantitative estimate of drug-likeness (QED) is 0.0502. The number of hydrogen-bond acceptors (Lipinski definition) is 3. The van der Waals surface area contributed by atoms with Crippen molar-refractivity contribution in [2.75, 3.05) is 59.5 Å². The smallest absolute Gasteiger partial charge is 0.320 e. The molecule has 0 aromatic heterocycles. The van der Waals surface area contributed by atoms with E-state index in [1.54, 1.807) is 0 Å². The predicted octanol–water partition coefficient (Wildman–Crippen LogP) is 9.97. The van der Waals surface area contributed by atoms with E-state index in [0.29, 0.717) is 0 Å². The Bertz CT molecular complexity index is 580. The number of carbonyl (C=O) groups excluding carboxylic acids is 1. The molecule has 41 heavy (non-hydrogen) atoms. The minimum Gasteiger partial charge on any atom is -0.327 e. The third-order valence-corrected chi connectivity index (χ3v) is 8.20. The summed E-state index contributed by atoms with van der Waals surface area (Å²) in [4.78, 5) is 23.2. The van der Waals surface area contributed by atoms with E-state index >= 15 is 0 Å². The van der Waals surface area contributed by atoms with Gasteiger partial charge in [0.15, 0.2) is 0 Å². The second kappa shape index (κ2) is 29.0. The molecule has 0 radical (unpaired) electrons. The first kappa shape index (κ1) is 39.9. The van der Waals surface area contributed by atoms with E-state index < -0.39 is 0 Å². The van der Waals surface area contributed by atoms with Gasteiger partial charge in [-0.05, 0) is 85.1 Å². The van der Waals surface area contributed by atoms with Gasteiger partial charge in [-0.2, -0.15) is 0 Å². The molecule has 0 aliphatic carbocycles. The van der Waals surface area contributed by atoms with Gasteiger partial charge in [0.05, 0.1) is 6.67 Å². The first-order valence-corrected chi connectivity index (χ1v) is 18.0. The molecule has 0 atom stereocenters. The van der Waals surface area contributed by atoms with Crippen LogP contribution in [-0.2, 0) is 0 Å². The highest BCUT2D eigenvalue weighted by Crippen LogP contribution is 2.11. The van der Waals surface area contributed by atoms with Crippen molar-refractivity contribution in [1.29, 1.82) is 0 Å². The number of hydrogen-bond donors (Lipinski definition) is 0. The highest BCUT2D eigenvalue weighted by Gasteiger charge is 2.20. The van der Waals surface area contributed by atoms with Crippen LogP contribution in [0.25, 0.3) is 0 Å². The van der Waals surface area contributed by atoms with Crippen molar-refractivity contribution in [2.24, 2.45) is 0 Å². The summed E-state index contributed by atoms with van der Waals surface area (Å²) < 4.78 is 0. The van der Waals surface area contributed by atoms with Crippen LogP contribution in [0.1, 0.15) is 157 Å². The first-order chi connectivity index (χ1) is 19.9. The van der Waals surface area contributed by atoms with Gasteiger partial charge in [-0.15, -0.1) is 0 Å². The van der Waals surface area contributed by atoms with E-state index in [2.05, 4.69) is 62.3 Å². The molecule has 0 aromatic carbocycles. The Morgan fingerprint density at radius 2 is 0.927 bits per heavy atom. The second-order valence-corrected chi connectivity index (χ2v) is 12.7. The van der Waals surface area contributed by atoms with Gasteiger partial charge in [-0.3, -0.25) is 4.90 Å². The molecule has 0 N–H and O–H groups in total. The van der Waals surface area contributed by atoms with Crippen molar-refractivity contribution in [3.8, 4) is 0 Å². The minimum absolute atomic E-state index is 0.205. The maximum Gasteiger partial charge on any atom is 0.320 e. The summed E-state index contributed by atoms with van der Waals surface area (Å²) in [6, 6.07) is 0.205. The monoisotopic (exact) mass is 579 g/mol. The summed E-state index contributed by atoms with van der Waals surface area (Å²) in [7, 11) is 1.99. The topological polar surface area (TPSA) is 30.0 Å². The molecule has 2 amide bonds. The summed E-state index contributed by atoms with van der Waals surface area (Å²) in [6.45, 7) is 21.6. The van der Waals surface area contributed by atoms with Crippen LogP contribution in [0.15, 0.2) is 11.6 Å². The molecular formula is C36H74N4O. The van der Waals surface area contributed by atoms with Crippen LogP contribution in [0.5, 0.6) is 0 Å². The largest absolute Gasteiger partial charge is 0.327 e. The molecule has 0 saturated carbocycles. The Morgan fingerprint density at radius 1 is 0.512 bits per heavy atom. The van der Waals surface area contributed by atoms with E-state index in [1.807, 2.05) is 11.9 Å². The summed E-state index contributed by atoms with van der Waals surface area (Å²) >= 11 is 0. The zero-order chi connectivity index (χ0) is 30.6. The van der Waals surface area contributed by atoms with Crippen molar-refractivity contribution < 1.29 is 4.79 Å². The average molecular weight is 579 g/mol. The number of unbranched alkanes of at least 4 members (excludes halogenated alkanes) is 12. The van der Waals surface area contributed by atoms with Gasteiger partial charge in [0.1, 0.15) is 0 Å². The Morgan fingerprint density at radius 3 is 1.34 bits per heavy atom. The molecular weight excluding hydrogens is 504 g/mol. The number of rotatable bonds is 29. The van der Waals surface area contributed by atoms with Gasteiger partial charge in [0.25, 0.3) is 0 Å². The predicted molar refractivity (Wildman–Crippen MR) is 183 cm³/mol. The highest BCUT2D eigenvalue weighted by molar-refractivity contribution is 5.74. The van der Waals surface area contributed by atoms with Crippen LogP contribution in [0.4, 0.5) is 4.79 Å². The SMILES string of the molecule is CCCCCCN(CCCCCC)CCCN(CN(CCCCCC)CCCCCC)C(=O)N(C)CCC=C(C)C.